The summed E-state index contributed by atoms with van der Waals surface area (Å²) in [5.74, 6) is 0.706. The van der Waals surface area contributed by atoms with E-state index in [-0.39, 0.29) is 0 Å². The van der Waals surface area contributed by atoms with Gasteiger partial charge in [0.2, 0.25) is 0 Å². The summed E-state index contributed by atoms with van der Waals surface area (Å²) < 4.78 is 0. The zero-order chi connectivity index (χ0) is 13.0. The molecule has 1 fully saturated rings. The van der Waals surface area contributed by atoms with Gasteiger partial charge in [0.15, 0.2) is 0 Å². The van der Waals surface area contributed by atoms with E-state index in [0.717, 1.165) is 26.1 Å². The van der Waals surface area contributed by atoms with Crippen LogP contribution in [0.1, 0.15) is 32.8 Å². The van der Waals surface area contributed by atoms with Crippen LogP contribution < -0.4 is 10.2 Å². The number of aryl methyl sites for hydroxylation is 1. The summed E-state index contributed by atoms with van der Waals surface area (Å²) in [5.41, 5.74) is 2.92. The predicted octanol–water partition coefficient (Wildman–Crippen LogP) is 3.07. The van der Waals surface area contributed by atoms with Gasteiger partial charge >= 0.3 is 0 Å². The molecule has 1 N–H and O–H groups in total. The van der Waals surface area contributed by atoms with E-state index in [2.05, 4.69) is 55.3 Å². The second kappa shape index (κ2) is 6.24. The highest BCUT2D eigenvalue weighted by Gasteiger charge is 2.18. The maximum absolute atomic E-state index is 3.61. The summed E-state index contributed by atoms with van der Waals surface area (Å²) in [6.07, 6.45) is 2.35. The second-order valence-corrected chi connectivity index (χ2v) is 5.63. The van der Waals surface area contributed by atoms with Crippen LogP contribution in [0.3, 0.4) is 0 Å². The van der Waals surface area contributed by atoms with Crippen molar-refractivity contribution in [2.24, 2.45) is 5.92 Å². The predicted molar refractivity (Wildman–Crippen MR) is 79.3 cm³/mol. The quantitative estimate of drug-likeness (QED) is 0.862. The largest absolute Gasteiger partial charge is 0.371 e. The number of hydrogen-bond donors (Lipinski definition) is 1. The van der Waals surface area contributed by atoms with Gasteiger partial charge in [0, 0.05) is 24.8 Å². The molecule has 0 amide bonds. The Hall–Kier alpha value is -1.02. The Morgan fingerprint density at radius 3 is 2.83 bits per heavy atom. The van der Waals surface area contributed by atoms with Gasteiger partial charge in [-0.15, -0.1) is 0 Å². The van der Waals surface area contributed by atoms with Crippen LogP contribution in [0.25, 0.3) is 0 Å². The molecule has 1 aliphatic rings. The average molecular weight is 246 g/mol. The molecular formula is C16H26N2. The van der Waals surface area contributed by atoms with E-state index in [0.29, 0.717) is 12.0 Å². The summed E-state index contributed by atoms with van der Waals surface area (Å²) in [6.45, 7) is 10.3. The van der Waals surface area contributed by atoms with Crippen LogP contribution in [0.15, 0.2) is 24.3 Å². The lowest BCUT2D eigenvalue weighted by molar-refractivity contribution is 0.410. The van der Waals surface area contributed by atoms with Crippen molar-refractivity contribution in [2.75, 3.05) is 24.5 Å². The summed E-state index contributed by atoms with van der Waals surface area (Å²) >= 11 is 0. The Morgan fingerprint density at radius 2 is 2.06 bits per heavy atom. The number of nitrogens with one attached hydrogen (secondary N) is 1. The third-order valence-corrected chi connectivity index (χ3v) is 3.89. The van der Waals surface area contributed by atoms with Crippen LogP contribution in [0.4, 0.5) is 5.69 Å². The molecule has 2 nitrogen and oxygen atoms in total. The fourth-order valence-electron chi connectivity index (χ4n) is 2.72. The van der Waals surface area contributed by atoms with Crippen LogP contribution >= 0.6 is 0 Å². The van der Waals surface area contributed by atoms with Gasteiger partial charge in [0.25, 0.3) is 0 Å². The van der Waals surface area contributed by atoms with Crippen molar-refractivity contribution in [3.63, 3.8) is 0 Å². The van der Waals surface area contributed by atoms with E-state index in [4.69, 9.17) is 0 Å². The van der Waals surface area contributed by atoms with Crippen molar-refractivity contribution in [3.8, 4) is 0 Å². The van der Waals surface area contributed by atoms with Crippen LogP contribution in [0.5, 0.6) is 0 Å². The van der Waals surface area contributed by atoms with Crippen LogP contribution in [0.2, 0.25) is 0 Å². The van der Waals surface area contributed by atoms with Crippen molar-refractivity contribution >= 4 is 5.69 Å². The first-order valence-electron chi connectivity index (χ1n) is 7.27. The third-order valence-electron chi connectivity index (χ3n) is 3.89. The molecule has 0 bridgehead atoms. The monoisotopic (exact) mass is 246 g/mol. The first-order chi connectivity index (χ1) is 8.70. The molecular weight excluding hydrogens is 220 g/mol. The number of anilines is 1. The van der Waals surface area contributed by atoms with Gasteiger partial charge in [-0.3, -0.25) is 0 Å². The fraction of sp³-hybridized carbons (Fsp3) is 0.625. The molecule has 0 aromatic heterocycles. The number of hydrogen-bond acceptors (Lipinski definition) is 2. The smallest absolute Gasteiger partial charge is 0.0398 e. The van der Waals surface area contributed by atoms with Crippen molar-refractivity contribution in [3.05, 3.63) is 29.8 Å². The molecule has 2 heteroatoms. The number of benzene rings is 1. The molecule has 1 aromatic carbocycles. The zero-order valence-electron chi connectivity index (χ0n) is 11.9. The van der Waals surface area contributed by atoms with Crippen molar-refractivity contribution in [2.45, 2.75) is 39.7 Å². The molecule has 0 spiro atoms. The normalized spacial score (nSPS) is 25.6. The van der Waals surface area contributed by atoms with Gasteiger partial charge in [0.05, 0.1) is 0 Å². The lowest BCUT2D eigenvalue weighted by Gasteiger charge is -2.34. The van der Waals surface area contributed by atoms with Crippen molar-refractivity contribution < 1.29 is 0 Å². The highest BCUT2D eigenvalue weighted by molar-refractivity contribution is 5.53. The molecule has 2 unspecified atom stereocenters. The Bertz CT molecular complexity index is 375. The molecule has 1 heterocycles. The summed E-state index contributed by atoms with van der Waals surface area (Å²) in [7, 11) is 0. The number of rotatable bonds is 2. The Balaban J connectivity index is 2.18. The van der Waals surface area contributed by atoms with E-state index in [1.807, 2.05) is 0 Å². The maximum atomic E-state index is 3.61. The molecule has 2 atom stereocenters. The minimum absolute atomic E-state index is 0.629. The topological polar surface area (TPSA) is 15.3 Å². The Kier molecular flexibility index (Phi) is 4.65. The SMILES string of the molecule is CCc1ccccc1N1CCC(C)NCC(C)C1. The summed E-state index contributed by atoms with van der Waals surface area (Å²) in [6, 6.07) is 9.50. The first-order valence-corrected chi connectivity index (χ1v) is 7.27. The highest BCUT2D eigenvalue weighted by Crippen LogP contribution is 2.23. The highest BCUT2D eigenvalue weighted by atomic mass is 15.1. The second-order valence-electron chi connectivity index (χ2n) is 5.63. The van der Waals surface area contributed by atoms with Gasteiger partial charge in [0.1, 0.15) is 0 Å². The lowest BCUT2D eigenvalue weighted by Crippen LogP contribution is -2.42. The Labute approximate surface area is 111 Å². The summed E-state index contributed by atoms with van der Waals surface area (Å²) in [4.78, 5) is 2.58. The van der Waals surface area contributed by atoms with Gasteiger partial charge in [-0.25, -0.2) is 0 Å². The van der Waals surface area contributed by atoms with E-state index in [1.54, 1.807) is 0 Å². The van der Waals surface area contributed by atoms with E-state index < -0.39 is 0 Å². The van der Waals surface area contributed by atoms with Crippen LogP contribution in [0, 0.1) is 5.92 Å². The van der Waals surface area contributed by atoms with Gasteiger partial charge in [-0.1, -0.05) is 32.0 Å². The summed E-state index contributed by atoms with van der Waals surface area (Å²) in [5, 5.41) is 3.61. The molecule has 18 heavy (non-hydrogen) atoms. The van der Waals surface area contributed by atoms with Gasteiger partial charge in [-0.2, -0.15) is 0 Å². The molecule has 0 radical (unpaired) electrons. The molecule has 100 valence electrons. The number of para-hydroxylation sites is 1. The Morgan fingerprint density at radius 1 is 1.28 bits per heavy atom. The molecule has 2 rings (SSSR count). The first kappa shape index (κ1) is 13.4. The van der Waals surface area contributed by atoms with E-state index >= 15 is 0 Å². The van der Waals surface area contributed by atoms with Crippen LogP contribution in [-0.4, -0.2) is 25.7 Å². The molecule has 0 aliphatic carbocycles. The van der Waals surface area contributed by atoms with Crippen molar-refractivity contribution in [1.29, 1.82) is 0 Å². The lowest BCUT2D eigenvalue weighted by atomic mass is 10.0. The molecule has 1 aliphatic heterocycles. The third kappa shape index (κ3) is 3.26. The standard InChI is InChI=1S/C16H26N2/c1-4-15-7-5-6-8-16(15)18-10-9-14(3)17-11-13(2)12-18/h5-8,13-14,17H,4,9-12H2,1-3H3. The van der Waals surface area contributed by atoms with Crippen LogP contribution in [-0.2, 0) is 6.42 Å². The molecule has 1 aromatic rings. The van der Waals surface area contributed by atoms with Crippen molar-refractivity contribution in [1.82, 2.24) is 5.32 Å². The average Bonchev–Trinajstić information content (AvgIpc) is 2.39. The minimum Gasteiger partial charge on any atom is -0.371 e. The molecule has 0 saturated carbocycles. The van der Waals surface area contributed by atoms with Gasteiger partial charge < -0.3 is 10.2 Å². The van der Waals surface area contributed by atoms with E-state index in [9.17, 15) is 0 Å². The van der Waals surface area contributed by atoms with Gasteiger partial charge in [-0.05, 0) is 43.9 Å². The minimum atomic E-state index is 0.629. The fourth-order valence-corrected chi connectivity index (χ4v) is 2.72. The zero-order valence-corrected chi connectivity index (χ0v) is 11.9. The van der Waals surface area contributed by atoms with E-state index in [1.165, 1.54) is 17.7 Å². The molecule has 1 saturated heterocycles. The number of nitrogens with zero attached hydrogens (tertiary/aromatic N) is 1. The maximum Gasteiger partial charge on any atom is 0.0398 e.